The molecule has 1 aliphatic heterocycles. The molecule has 35 heavy (non-hydrogen) atoms. The molecule has 9 heteroatoms. The molecule has 2 aromatic heterocycles. The Morgan fingerprint density at radius 2 is 2.06 bits per heavy atom. The number of aliphatic hydroxyl groups is 1. The zero-order valence-corrected chi connectivity index (χ0v) is 20.4. The van der Waals surface area contributed by atoms with E-state index < -0.39 is 18.0 Å². The number of carbonyl (C=O) groups is 2. The fourth-order valence-electron chi connectivity index (χ4n) is 5.02. The number of aliphatic carboxylic acids is 1. The van der Waals surface area contributed by atoms with Crippen LogP contribution in [-0.2, 0) is 22.5 Å². The van der Waals surface area contributed by atoms with Crippen LogP contribution in [0.1, 0.15) is 65.0 Å². The molecule has 4 rings (SSSR count). The van der Waals surface area contributed by atoms with Gasteiger partial charge in [0.1, 0.15) is 11.9 Å². The molecule has 9 nitrogen and oxygen atoms in total. The van der Waals surface area contributed by atoms with E-state index in [-0.39, 0.29) is 19.1 Å². The first-order valence-electron chi connectivity index (χ1n) is 12.4. The van der Waals surface area contributed by atoms with Crippen LogP contribution < -0.4 is 5.32 Å². The summed E-state index contributed by atoms with van der Waals surface area (Å²) >= 11 is 0. The molecule has 1 aliphatic carbocycles. The van der Waals surface area contributed by atoms with Crippen LogP contribution in [0.4, 0.5) is 5.82 Å². The number of nitrogens with one attached hydrogen (secondary N) is 1. The van der Waals surface area contributed by atoms with E-state index in [1.165, 1.54) is 10.6 Å². The molecule has 188 valence electrons. The Morgan fingerprint density at radius 1 is 1.26 bits per heavy atom. The van der Waals surface area contributed by atoms with Gasteiger partial charge in [0, 0.05) is 31.1 Å². The molecule has 0 amide bonds. The minimum absolute atomic E-state index is 0.0270. The number of carboxylic acids is 1. The van der Waals surface area contributed by atoms with Crippen LogP contribution in [0.5, 0.6) is 0 Å². The Hall–Kier alpha value is -3.04. The van der Waals surface area contributed by atoms with Gasteiger partial charge in [0.25, 0.3) is 0 Å². The maximum atomic E-state index is 13.0. The van der Waals surface area contributed by atoms with Crippen molar-refractivity contribution in [3.63, 3.8) is 0 Å². The third kappa shape index (κ3) is 5.79. The maximum absolute atomic E-state index is 13.0. The second-order valence-electron chi connectivity index (χ2n) is 9.56. The number of aromatic nitrogens is 2. The molecule has 2 aromatic rings. The van der Waals surface area contributed by atoms with Gasteiger partial charge >= 0.3 is 11.9 Å². The minimum Gasteiger partial charge on any atom is -0.480 e. The van der Waals surface area contributed by atoms with Crippen LogP contribution >= 0.6 is 0 Å². The summed E-state index contributed by atoms with van der Waals surface area (Å²) in [4.78, 5) is 39.6. The molecule has 2 aliphatic rings. The summed E-state index contributed by atoms with van der Waals surface area (Å²) in [6.45, 7) is 4.16. The fraction of sp³-hybridized carbons (Fsp3) is 0.538. The lowest BCUT2D eigenvalue weighted by Crippen LogP contribution is -2.53. The summed E-state index contributed by atoms with van der Waals surface area (Å²) in [7, 11) is 0. The first-order valence-corrected chi connectivity index (χ1v) is 12.4. The predicted octanol–water partition coefficient (Wildman–Crippen LogP) is 3.07. The number of hydrogen-bond donors (Lipinski definition) is 3. The van der Waals surface area contributed by atoms with Gasteiger partial charge in [0.15, 0.2) is 0 Å². The number of hydroxylamine groups is 2. The van der Waals surface area contributed by atoms with E-state index in [0.29, 0.717) is 17.2 Å². The molecule has 1 fully saturated rings. The summed E-state index contributed by atoms with van der Waals surface area (Å²) in [6.07, 6.45) is 7.00. The number of aryl methyl sites for hydroxylation is 4. The van der Waals surface area contributed by atoms with Gasteiger partial charge in [0.2, 0.25) is 0 Å². The number of nitrogens with zero attached hydrogens (tertiary/aromatic N) is 3. The zero-order chi connectivity index (χ0) is 24.9. The van der Waals surface area contributed by atoms with E-state index >= 15 is 0 Å². The number of rotatable bonds is 10. The van der Waals surface area contributed by atoms with Crippen LogP contribution in [-0.4, -0.2) is 62.4 Å². The van der Waals surface area contributed by atoms with Gasteiger partial charge in [-0.05, 0) is 88.0 Å². The van der Waals surface area contributed by atoms with Crippen molar-refractivity contribution in [2.24, 2.45) is 5.92 Å². The molecular formula is C26H34N4O5. The van der Waals surface area contributed by atoms with E-state index in [1.54, 1.807) is 26.1 Å². The lowest BCUT2D eigenvalue weighted by atomic mass is 9.76. The highest BCUT2D eigenvalue weighted by molar-refractivity contribution is 5.92. The van der Waals surface area contributed by atoms with E-state index in [9.17, 15) is 19.8 Å². The molecule has 0 aromatic carbocycles. The van der Waals surface area contributed by atoms with Crippen molar-refractivity contribution >= 4 is 17.8 Å². The monoisotopic (exact) mass is 482 g/mol. The number of carboxylic acid groups (broad SMARTS) is 1. The molecule has 1 saturated carbocycles. The van der Waals surface area contributed by atoms with Crippen molar-refractivity contribution in [1.29, 1.82) is 0 Å². The molecule has 0 unspecified atom stereocenters. The Balaban J connectivity index is 1.40. The molecule has 0 spiro atoms. The molecule has 3 heterocycles. The molecule has 0 radical (unpaired) electrons. The quantitative estimate of drug-likeness (QED) is 0.438. The van der Waals surface area contributed by atoms with E-state index in [0.717, 1.165) is 62.1 Å². The molecule has 1 atom stereocenters. The molecular weight excluding hydrogens is 448 g/mol. The first-order chi connectivity index (χ1) is 16.9. The number of aliphatic hydroxyl groups excluding tert-OH is 1. The average molecular weight is 483 g/mol. The van der Waals surface area contributed by atoms with Crippen molar-refractivity contribution in [3.05, 3.63) is 52.5 Å². The van der Waals surface area contributed by atoms with E-state index in [1.807, 2.05) is 0 Å². The number of pyridine rings is 2. The average Bonchev–Trinajstić information content (AvgIpc) is 2.80. The van der Waals surface area contributed by atoms with Crippen molar-refractivity contribution in [3.8, 4) is 0 Å². The van der Waals surface area contributed by atoms with Crippen LogP contribution in [0.2, 0.25) is 0 Å². The number of hydrogen-bond acceptors (Lipinski definition) is 8. The summed E-state index contributed by atoms with van der Waals surface area (Å²) in [5.74, 6) is -0.364. The Morgan fingerprint density at radius 3 is 2.77 bits per heavy atom. The van der Waals surface area contributed by atoms with Gasteiger partial charge in [-0.3, -0.25) is 9.78 Å². The topological polar surface area (TPSA) is 125 Å². The third-order valence-electron chi connectivity index (χ3n) is 7.07. The van der Waals surface area contributed by atoms with Crippen LogP contribution in [0.15, 0.2) is 24.4 Å². The highest BCUT2D eigenvalue weighted by Gasteiger charge is 2.42. The summed E-state index contributed by atoms with van der Waals surface area (Å²) < 4.78 is 0. The highest BCUT2D eigenvalue weighted by atomic mass is 16.7. The Kier molecular flexibility index (Phi) is 7.97. The fourth-order valence-corrected chi connectivity index (χ4v) is 5.02. The second kappa shape index (κ2) is 11.1. The Labute approximate surface area is 205 Å². The zero-order valence-electron chi connectivity index (χ0n) is 20.4. The SMILES string of the molecule is Cc1ccnc(C)c1C(=O)ON(C1CC(CCc2ccc3c(n2)NCCC3)C1)[C@@H](CCO)C(=O)O. The summed E-state index contributed by atoms with van der Waals surface area (Å²) in [5, 5.41) is 23.9. The Bertz CT molecular complexity index is 1050. The number of anilines is 1. The minimum atomic E-state index is -1.12. The number of fused-ring (bicyclic) bond motifs is 1. The normalized spacial score (nSPS) is 19.9. The van der Waals surface area contributed by atoms with E-state index in [4.69, 9.17) is 9.82 Å². The highest BCUT2D eigenvalue weighted by Crippen LogP contribution is 2.37. The van der Waals surface area contributed by atoms with Gasteiger partial charge in [-0.1, -0.05) is 6.07 Å². The van der Waals surface area contributed by atoms with Crippen molar-refractivity contribution in [2.45, 2.75) is 70.9 Å². The van der Waals surface area contributed by atoms with Crippen LogP contribution in [0.25, 0.3) is 0 Å². The smallest absolute Gasteiger partial charge is 0.359 e. The van der Waals surface area contributed by atoms with Gasteiger partial charge in [-0.15, -0.1) is 5.06 Å². The number of carbonyl (C=O) groups excluding carboxylic acids is 1. The van der Waals surface area contributed by atoms with Gasteiger partial charge in [-0.2, -0.15) is 0 Å². The van der Waals surface area contributed by atoms with Crippen LogP contribution in [0, 0.1) is 19.8 Å². The van der Waals surface area contributed by atoms with Crippen LogP contribution in [0.3, 0.4) is 0 Å². The standard InChI is InChI=1S/C26H34N4O5/c1-16-9-12-27-17(2)23(16)26(34)35-30(22(10-13-31)25(32)33)21-14-18(15-21)5-7-20-8-6-19-4-3-11-28-24(19)29-20/h6,8-9,12,18,21-22,31H,3-5,7,10-11,13-15H2,1-2H3,(H,28,29)(H,32,33)/t18?,21?,22-/m0/s1. The van der Waals surface area contributed by atoms with Gasteiger partial charge < -0.3 is 20.4 Å². The maximum Gasteiger partial charge on any atom is 0.359 e. The first kappa shape index (κ1) is 25.1. The predicted molar refractivity (Wildman–Crippen MR) is 130 cm³/mol. The van der Waals surface area contributed by atoms with Gasteiger partial charge in [0.05, 0.1) is 11.3 Å². The molecule has 0 saturated heterocycles. The van der Waals surface area contributed by atoms with Crippen molar-refractivity contribution < 1.29 is 24.6 Å². The van der Waals surface area contributed by atoms with E-state index in [2.05, 4.69) is 22.4 Å². The lowest BCUT2D eigenvalue weighted by Gasteiger charge is -2.43. The molecule has 0 bridgehead atoms. The largest absolute Gasteiger partial charge is 0.480 e. The summed E-state index contributed by atoms with van der Waals surface area (Å²) in [6, 6.07) is 4.65. The second-order valence-corrected chi connectivity index (χ2v) is 9.56. The molecule has 3 N–H and O–H groups in total. The third-order valence-corrected chi connectivity index (χ3v) is 7.07. The van der Waals surface area contributed by atoms with Gasteiger partial charge in [-0.25, -0.2) is 9.78 Å². The van der Waals surface area contributed by atoms with Crippen molar-refractivity contribution in [2.75, 3.05) is 18.5 Å². The van der Waals surface area contributed by atoms with Crippen molar-refractivity contribution in [1.82, 2.24) is 15.0 Å². The lowest BCUT2D eigenvalue weighted by molar-refractivity contribution is -0.204. The summed E-state index contributed by atoms with van der Waals surface area (Å²) in [5.41, 5.74) is 3.91.